The first kappa shape index (κ1) is 15.7. The smallest absolute Gasteiger partial charge is 0.246 e. The quantitative estimate of drug-likeness (QED) is 0.775. The highest BCUT2D eigenvalue weighted by Gasteiger charge is 2.28. The minimum atomic E-state index is -3.44. The van der Waals surface area contributed by atoms with E-state index >= 15 is 0 Å². The van der Waals surface area contributed by atoms with E-state index in [2.05, 4.69) is 26.1 Å². The molecular weight excluding hydrogens is 318 g/mol. The number of alkyl halides is 1. The third-order valence-corrected chi connectivity index (χ3v) is 5.27. The monoisotopic (exact) mass is 337 g/mol. The lowest BCUT2D eigenvalue weighted by Crippen LogP contribution is -2.34. The molecule has 104 valence electrons. The fourth-order valence-electron chi connectivity index (χ4n) is 1.83. The van der Waals surface area contributed by atoms with Crippen LogP contribution in [0.1, 0.15) is 31.2 Å². The van der Waals surface area contributed by atoms with Crippen LogP contribution in [0, 0.1) is 13.8 Å². The Morgan fingerprint density at radius 1 is 1.33 bits per heavy atom. The topological polar surface area (TPSA) is 66.1 Å². The minimum absolute atomic E-state index is 0.319. The van der Waals surface area contributed by atoms with Crippen LogP contribution in [0.5, 0.6) is 0 Å². The van der Waals surface area contributed by atoms with E-state index in [1.807, 2.05) is 6.92 Å². The number of hydrogen-bond donors (Lipinski definition) is 1. The van der Waals surface area contributed by atoms with Crippen molar-refractivity contribution >= 4 is 26.0 Å². The first-order chi connectivity index (χ1) is 8.45. The van der Waals surface area contributed by atoms with Gasteiger partial charge in [-0.25, -0.2) is 8.42 Å². The van der Waals surface area contributed by atoms with Crippen LogP contribution < -0.4 is 0 Å². The molecule has 1 aromatic heterocycles. The molecule has 7 heteroatoms. The van der Waals surface area contributed by atoms with E-state index in [9.17, 15) is 8.42 Å². The Balaban J connectivity index is 3.09. The zero-order chi connectivity index (χ0) is 13.8. The van der Waals surface area contributed by atoms with E-state index in [1.54, 1.807) is 13.8 Å². The van der Waals surface area contributed by atoms with Gasteiger partial charge in [0, 0.05) is 18.4 Å². The standard InChI is InChI=1S/C11H20BrN3O2S/c1-4-5-7-15(8-6-12)18(16,17)11-9(2)13-14-10(11)3/h4-8H2,1-3H3,(H,13,14). The summed E-state index contributed by atoms with van der Waals surface area (Å²) in [6.07, 6.45) is 1.83. The number of nitrogens with one attached hydrogen (secondary N) is 1. The lowest BCUT2D eigenvalue weighted by atomic mass is 10.3. The highest BCUT2D eigenvalue weighted by molar-refractivity contribution is 9.09. The number of unbranched alkanes of at least 4 members (excludes halogenated alkanes) is 1. The van der Waals surface area contributed by atoms with Crippen molar-refractivity contribution < 1.29 is 8.42 Å². The maximum atomic E-state index is 12.6. The van der Waals surface area contributed by atoms with E-state index in [4.69, 9.17) is 0 Å². The number of sulfonamides is 1. The Bertz CT molecular complexity index is 465. The third-order valence-electron chi connectivity index (χ3n) is 2.75. The highest BCUT2D eigenvalue weighted by atomic mass is 79.9. The van der Waals surface area contributed by atoms with Gasteiger partial charge in [0.2, 0.25) is 10.0 Å². The van der Waals surface area contributed by atoms with Crippen LogP contribution in [0.25, 0.3) is 0 Å². The number of aryl methyl sites for hydroxylation is 2. The molecule has 0 radical (unpaired) electrons. The normalized spacial score (nSPS) is 12.3. The van der Waals surface area contributed by atoms with Gasteiger partial charge in [0.15, 0.2) is 0 Å². The minimum Gasteiger partial charge on any atom is -0.281 e. The van der Waals surface area contributed by atoms with Crippen molar-refractivity contribution in [3.05, 3.63) is 11.4 Å². The molecule has 1 aromatic rings. The summed E-state index contributed by atoms with van der Waals surface area (Å²) in [5.74, 6) is 0. The van der Waals surface area contributed by atoms with E-state index in [0.29, 0.717) is 34.7 Å². The van der Waals surface area contributed by atoms with E-state index in [-0.39, 0.29) is 0 Å². The van der Waals surface area contributed by atoms with Crippen molar-refractivity contribution in [3.8, 4) is 0 Å². The van der Waals surface area contributed by atoms with Gasteiger partial charge < -0.3 is 0 Å². The summed E-state index contributed by atoms with van der Waals surface area (Å²) in [5, 5.41) is 7.32. The fourth-order valence-corrected chi connectivity index (χ4v) is 4.30. The number of rotatable bonds is 7. The summed E-state index contributed by atoms with van der Waals surface area (Å²) in [4.78, 5) is 0.319. The Morgan fingerprint density at radius 2 is 2.00 bits per heavy atom. The number of H-pyrrole nitrogens is 1. The fraction of sp³-hybridized carbons (Fsp3) is 0.727. The molecule has 1 heterocycles. The molecular formula is C11H20BrN3O2S. The number of aromatic amines is 1. The van der Waals surface area contributed by atoms with Gasteiger partial charge in [0.05, 0.1) is 11.4 Å². The molecule has 0 atom stereocenters. The van der Waals surface area contributed by atoms with Gasteiger partial charge in [-0.15, -0.1) is 0 Å². The van der Waals surface area contributed by atoms with E-state index in [1.165, 1.54) is 4.31 Å². The first-order valence-corrected chi connectivity index (χ1v) is 8.59. The van der Waals surface area contributed by atoms with Crippen LogP contribution >= 0.6 is 15.9 Å². The molecule has 0 amide bonds. The molecule has 0 spiro atoms. The van der Waals surface area contributed by atoms with Crippen molar-refractivity contribution in [1.29, 1.82) is 0 Å². The molecule has 0 bridgehead atoms. The molecule has 0 aliphatic heterocycles. The second-order valence-corrected chi connectivity index (χ2v) is 6.88. The second kappa shape index (κ2) is 6.68. The van der Waals surface area contributed by atoms with Crippen molar-refractivity contribution in [1.82, 2.24) is 14.5 Å². The van der Waals surface area contributed by atoms with Gasteiger partial charge in [0.1, 0.15) is 4.90 Å². The summed E-state index contributed by atoms with van der Waals surface area (Å²) in [7, 11) is -3.44. The lowest BCUT2D eigenvalue weighted by molar-refractivity contribution is 0.421. The van der Waals surface area contributed by atoms with Gasteiger partial charge in [-0.1, -0.05) is 29.3 Å². The Morgan fingerprint density at radius 3 is 2.44 bits per heavy atom. The maximum absolute atomic E-state index is 12.6. The van der Waals surface area contributed by atoms with Gasteiger partial charge >= 0.3 is 0 Å². The first-order valence-electron chi connectivity index (χ1n) is 6.02. The maximum Gasteiger partial charge on any atom is 0.246 e. The van der Waals surface area contributed by atoms with E-state index < -0.39 is 10.0 Å². The number of nitrogens with zero attached hydrogens (tertiary/aromatic N) is 2. The summed E-state index contributed by atoms with van der Waals surface area (Å²) < 4.78 is 26.7. The summed E-state index contributed by atoms with van der Waals surface area (Å²) in [6.45, 7) is 6.52. The molecule has 0 aliphatic carbocycles. The molecule has 0 saturated heterocycles. The van der Waals surface area contributed by atoms with Gasteiger partial charge in [-0.3, -0.25) is 5.10 Å². The van der Waals surface area contributed by atoms with Crippen LogP contribution in [0.3, 0.4) is 0 Å². The van der Waals surface area contributed by atoms with Crippen LogP contribution in [0.2, 0.25) is 0 Å². The van der Waals surface area contributed by atoms with Gasteiger partial charge in [-0.05, 0) is 20.3 Å². The predicted molar refractivity (Wildman–Crippen MR) is 75.5 cm³/mol. The van der Waals surface area contributed by atoms with Crippen LogP contribution in [-0.4, -0.2) is 41.3 Å². The van der Waals surface area contributed by atoms with Crippen molar-refractivity contribution in [2.45, 2.75) is 38.5 Å². The summed E-state index contributed by atoms with van der Waals surface area (Å²) >= 11 is 3.31. The van der Waals surface area contributed by atoms with Crippen molar-refractivity contribution in [3.63, 3.8) is 0 Å². The molecule has 1 N–H and O–H groups in total. The molecule has 0 fully saturated rings. The van der Waals surface area contributed by atoms with Crippen molar-refractivity contribution in [2.75, 3.05) is 18.4 Å². The van der Waals surface area contributed by atoms with Crippen molar-refractivity contribution in [2.24, 2.45) is 0 Å². The molecule has 18 heavy (non-hydrogen) atoms. The lowest BCUT2D eigenvalue weighted by Gasteiger charge is -2.21. The molecule has 0 saturated carbocycles. The SMILES string of the molecule is CCCCN(CCBr)S(=O)(=O)c1c(C)n[nH]c1C. The Labute approximate surface area is 117 Å². The Kier molecular flexibility index (Phi) is 5.81. The number of halogens is 1. The molecule has 1 rings (SSSR count). The summed E-state index contributed by atoms with van der Waals surface area (Å²) in [5.41, 5.74) is 1.13. The number of hydrogen-bond acceptors (Lipinski definition) is 3. The number of aromatic nitrogens is 2. The highest BCUT2D eigenvalue weighted by Crippen LogP contribution is 2.22. The zero-order valence-electron chi connectivity index (χ0n) is 11.0. The third kappa shape index (κ3) is 3.33. The van der Waals surface area contributed by atoms with Crippen LogP contribution in [0.4, 0.5) is 0 Å². The zero-order valence-corrected chi connectivity index (χ0v) is 13.4. The molecule has 5 nitrogen and oxygen atoms in total. The van der Waals surface area contributed by atoms with E-state index in [0.717, 1.165) is 12.8 Å². The second-order valence-electron chi connectivity index (χ2n) is 4.21. The largest absolute Gasteiger partial charge is 0.281 e. The molecule has 0 unspecified atom stereocenters. The summed E-state index contributed by atoms with van der Waals surface area (Å²) in [6, 6.07) is 0. The van der Waals surface area contributed by atoms with Crippen LogP contribution in [0.15, 0.2) is 4.90 Å². The molecule has 0 aliphatic rings. The van der Waals surface area contributed by atoms with Gasteiger partial charge in [-0.2, -0.15) is 9.40 Å². The average Bonchev–Trinajstić information content (AvgIpc) is 2.64. The van der Waals surface area contributed by atoms with Crippen LogP contribution in [-0.2, 0) is 10.0 Å². The molecule has 0 aromatic carbocycles. The predicted octanol–water partition coefficient (Wildman–Crippen LogP) is 2.21. The average molecular weight is 338 g/mol. The van der Waals surface area contributed by atoms with Gasteiger partial charge in [0.25, 0.3) is 0 Å². The Hall–Kier alpha value is -0.400.